The Morgan fingerprint density at radius 2 is 2.11 bits per heavy atom. The van der Waals surface area contributed by atoms with Gasteiger partial charge in [-0.3, -0.25) is 9.48 Å². The molecule has 19 heavy (non-hydrogen) atoms. The number of aromatic nitrogens is 2. The van der Waals surface area contributed by atoms with Gasteiger partial charge in [0, 0.05) is 11.9 Å². The van der Waals surface area contributed by atoms with Crippen LogP contribution < -0.4 is 10.7 Å². The van der Waals surface area contributed by atoms with Crippen molar-refractivity contribution < 1.29 is 0 Å². The molecular weight excluding hydrogens is 238 g/mol. The highest BCUT2D eigenvalue weighted by Gasteiger charge is 2.02. The van der Waals surface area contributed by atoms with E-state index in [9.17, 15) is 4.79 Å². The summed E-state index contributed by atoms with van der Waals surface area (Å²) in [4.78, 5) is 11.7. The molecule has 102 valence electrons. The van der Waals surface area contributed by atoms with Crippen LogP contribution in [0.15, 0.2) is 35.3 Å². The van der Waals surface area contributed by atoms with Crippen LogP contribution in [0.5, 0.6) is 0 Å². The Kier molecular flexibility index (Phi) is 4.68. The molecule has 0 radical (unpaired) electrons. The minimum atomic E-state index is -0.00946. The number of nitrogens with one attached hydrogen (secondary N) is 1. The monoisotopic (exact) mass is 259 g/mol. The normalized spacial score (nSPS) is 11.3. The third-order valence-corrected chi connectivity index (χ3v) is 3.04. The Bertz CT molecular complexity index is 589. The number of rotatable bonds is 6. The maximum atomic E-state index is 11.7. The molecular formula is C15H21N3O. The van der Waals surface area contributed by atoms with Crippen molar-refractivity contribution in [2.75, 3.05) is 13.1 Å². The quantitative estimate of drug-likeness (QED) is 0.807. The largest absolute Gasteiger partial charge is 0.316 e. The topological polar surface area (TPSA) is 46.9 Å². The molecule has 0 fully saturated rings. The molecule has 0 saturated carbocycles. The van der Waals surface area contributed by atoms with Gasteiger partial charge in [-0.2, -0.15) is 5.10 Å². The first-order chi connectivity index (χ1) is 9.18. The van der Waals surface area contributed by atoms with Gasteiger partial charge in [0.2, 0.25) is 5.43 Å². The summed E-state index contributed by atoms with van der Waals surface area (Å²) in [6.45, 7) is 7.23. The number of nitrogens with zero attached hydrogens (tertiary/aromatic N) is 2. The molecule has 1 N–H and O–H groups in total. The van der Waals surface area contributed by atoms with E-state index in [1.54, 1.807) is 0 Å². The van der Waals surface area contributed by atoms with E-state index in [0.717, 1.165) is 37.0 Å². The highest BCUT2D eigenvalue weighted by atomic mass is 16.1. The number of fused-ring (bicyclic) bond motifs is 1. The van der Waals surface area contributed by atoms with Crippen molar-refractivity contribution >= 4 is 10.9 Å². The van der Waals surface area contributed by atoms with E-state index in [1.165, 1.54) is 6.20 Å². The standard InChI is InChI=1S/C15H21N3O/c1-12(2)10-16-8-5-9-18-14-7-4-3-6-13(14)15(19)11-17-18/h3-4,6-7,11-12,16H,5,8-10H2,1-2H3. The second-order valence-electron chi connectivity index (χ2n) is 5.20. The van der Waals surface area contributed by atoms with E-state index in [1.807, 2.05) is 28.9 Å². The van der Waals surface area contributed by atoms with Gasteiger partial charge in [-0.25, -0.2) is 0 Å². The van der Waals surface area contributed by atoms with Crippen LogP contribution in [0, 0.1) is 5.92 Å². The molecule has 0 aliphatic heterocycles. The Hall–Kier alpha value is -1.68. The van der Waals surface area contributed by atoms with Crippen LogP contribution >= 0.6 is 0 Å². The lowest BCUT2D eigenvalue weighted by molar-refractivity contribution is 0.509. The lowest BCUT2D eigenvalue weighted by atomic mass is 10.2. The molecule has 1 aromatic heterocycles. The Morgan fingerprint density at radius 1 is 1.32 bits per heavy atom. The predicted octanol–water partition coefficient (Wildman–Crippen LogP) is 2.03. The molecule has 0 unspecified atom stereocenters. The van der Waals surface area contributed by atoms with Crippen LogP contribution in [0.4, 0.5) is 0 Å². The third-order valence-electron chi connectivity index (χ3n) is 3.04. The molecule has 4 heteroatoms. The van der Waals surface area contributed by atoms with Gasteiger partial charge < -0.3 is 5.32 Å². The minimum absolute atomic E-state index is 0.00946. The zero-order valence-corrected chi connectivity index (χ0v) is 11.6. The van der Waals surface area contributed by atoms with E-state index >= 15 is 0 Å². The van der Waals surface area contributed by atoms with Crippen LogP contribution in [-0.2, 0) is 6.54 Å². The van der Waals surface area contributed by atoms with Crippen molar-refractivity contribution in [3.05, 3.63) is 40.7 Å². The van der Waals surface area contributed by atoms with E-state index < -0.39 is 0 Å². The summed E-state index contributed by atoms with van der Waals surface area (Å²) < 4.78 is 1.91. The van der Waals surface area contributed by atoms with Crippen molar-refractivity contribution in [1.29, 1.82) is 0 Å². The molecule has 0 spiro atoms. The van der Waals surface area contributed by atoms with Gasteiger partial charge in [0.25, 0.3) is 0 Å². The fraction of sp³-hybridized carbons (Fsp3) is 0.467. The number of hydrogen-bond donors (Lipinski definition) is 1. The van der Waals surface area contributed by atoms with Crippen LogP contribution in [0.2, 0.25) is 0 Å². The molecule has 0 aliphatic rings. The van der Waals surface area contributed by atoms with Gasteiger partial charge in [0.1, 0.15) is 0 Å². The van der Waals surface area contributed by atoms with Crippen molar-refractivity contribution in [1.82, 2.24) is 15.1 Å². The predicted molar refractivity (Wildman–Crippen MR) is 78.3 cm³/mol. The van der Waals surface area contributed by atoms with Gasteiger partial charge in [0.05, 0.1) is 11.7 Å². The van der Waals surface area contributed by atoms with Gasteiger partial charge in [-0.1, -0.05) is 26.0 Å². The fourth-order valence-corrected chi connectivity index (χ4v) is 2.08. The van der Waals surface area contributed by atoms with E-state index in [-0.39, 0.29) is 5.43 Å². The summed E-state index contributed by atoms with van der Waals surface area (Å²) in [5.74, 6) is 0.673. The zero-order chi connectivity index (χ0) is 13.7. The first kappa shape index (κ1) is 13.7. The molecule has 0 saturated heterocycles. The molecule has 4 nitrogen and oxygen atoms in total. The minimum Gasteiger partial charge on any atom is -0.316 e. The van der Waals surface area contributed by atoms with E-state index in [4.69, 9.17) is 0 Å². The maximum absolute atomic E-state index is 11.7. The Balaban J connectivity index is 2.01. The molecule has 2 aromatic rings. The van der Waals surface area contributed by atoms with Crippen LogP contribution in [-0.4, -0.2) is 22.9 Å². The average molecular weight is 259 g/mol. The van der Waals surface area contributed by atoms with E-state index in [0.29, 0.717) is 5.92 Å². The van der Waals surface area contributed by atoms with Gasteiger partial charge >= 0.3 is 0 Å². The summed E-state index contributed by atoms with van der Waals surface area (Å²) in [7, 11) is 0. The average Bonchev–Trinajstić information content (AvgIpc) is 2.41. The van der Waals surface area contributed by atoms with Crippen molar-refractivity contribution in [2.45, 2.75) is 26.8 Å². The zero-order valence-electron chi connectivity index (χ0n) is 11.6. The number of para-hydroxylation sites is 1. The van der Waals surface area contributed by atoms with Gasteiger partial charge in [0.15, 0.2) is 0 Å². The second kappa shape index (κ2) is 6.48. The molecule has 1 heterocycles. The molecule has 0 amide bonds. The van der Waals surface area contributed by atoms with Crippen LogP contribution in [0.25, 0.3) is 10.9 Å². The molecule has 0 atom stereocenters. The molecule has 0 aliphatic carbocycles. The third kappa shape index (κ3) is 3.64. The lowest BCUT2D eigenvalue weighted by Gasteiger charge is -2.10. The summed E-state index contributed by atoms with van der Waals surface area (Å²) in [5.41, 5.74) is 0.906. The van der Waals surface area contributed by atoms with Crippen LogP contribution in [0.1, 0.15) is 20.3 Å². The Morgan fingerprint density at radius 3 is 2.89 bits per heavy atom. The lowest BCUT2D eigenvalue weighted by Crippen LogP contribution is -2.22. The van der Waals surface area contributed by atoms with E-state index in [2.05, 4.69) is 24.3 Å². The van der Waals surface area contributed by atoms with Crippen molar-refractivity contribution in [2.24, 2.45) is 5.92 Å². The molecule has 1 aromatic carbocycles. The van der Waals surface area contributed by atoms with Crippen LogP contribution in [0.3, 0.4) is 0 Å². The SMILES string of the molecule is CC(C)CNCCCn1ncc(=O)c2ccccc21. The van der Waals surface area contributed by atoms with Crippen molar-refractivity contribution in [3.63, 3.8) is 0 Å². The van der Waals surface area contributed by atoms with Gasteiger partial charge in [-0.05, 0) is 37.6 Å². The number of benzene rings is 1. The second-order valence-corrected chi connectivity index (χ2v) is 5.20. The summed E-state index contributed by atoms with van der Waals surface area (Å²) in [5, 5.41) is 8.37. The first-order valence-electron chi connectivity index (χ1n) is 6.84. The summed E-state index contributed by atoms with van der Waals surface area (Å²) in [6.07, 6.45) is 2.41. The summed E-state index contributed by atoms with van der Waals surface area (Å²) >= 11 is 0. The smallest absolute Gasteiger partial charge is 0.207 e. The number of aryl methyl sites for hydroxylation is 1. The Labute approximate surface area is 113 Å². The van der Waals surface area contributed by atoms with Crippen molar-refractivity contribution in [3.8, 4) is 0 Å². The van der Waals surface area contributed by atoms with Gasteiger partial charge in [-0.15, -0.1) is 0 Å². The first-order valence-corrected chi connectivity index (χ1v) is 6.84. The fourth-order valence-electron chi connectivity index (χ4n) is 2.08. The molecule has 0 bridgehead atoms. The highest BCUT2D eigenvalue weighted by Crippen LogP contribution is 2.08. The summed E-state index contributed by atoms with van der Waals surface area (Å²) in [6, 6.07) is 7.63. The number of hydrogen-bond acceptors (Lipinski definition) is 3. The maximum Gasteiger partial charge on any atom is 0.207 e. The highest BCUT2D eigenvalue weighted by molar-refractivity contribution is 5.77. The molecule has 2 rings (SSSR count).